The van der Waals surface area contributed by atoms with E-state index < -0.39 is 24.2 Å². The van der Waals surface area contributed by atoms with E-state index in [-0.39, 0.29) is 6.54 Å². The quantitative estimate of drug-likeness (QED) is 0.310. The average molecular weight is 212 g/mol. The van der Waals surface area contributed by atoms with Gasteiger partial charge < -0.3 is 15.3 Å². The van der Waals surface area contributed by atoms with Gasteiger partial charge in [-0.15, -0.1) is 0 Å². The molecule has 0 aromatic carbocycles. The summed E-state index contributed by atoms with van der Waals surface area (Å²) in [5.41, 5.74) is 0. The molecule has 0 fully saturated rings. The van der Waals surface area contributed by atoms with E-state index in [1.54, 1.807) is 0 Å². The molecular weight excluding hydrogens is 200 g/mol. The molecule has 15 heavy (non-hydrogen) atoms. The number of hydrogen-bond acceptors (Lipinski definition) is 4. The second kappa shape index (κ2) is 6.43. The number of hydrogen-bond donors (Lipinski definition) is 2. The molecule has 0 saturated heterocycles. The third-order valence-electron chi connectivity index (χ3n) is 1.65. The summed E-state index contributed by atoms with van der Waals surface area (Å²) in [7, 11) is 1.51. The molecule has 1 atom stereocenters. The molecule has 0 aliphatic heterocycles. The summed E-state index contributed by atoms with van der Waals surface area (Å²) in [4.78, 5) is 33.2. The molecule has 6 nitrogen and oxygen atoms in total. The summed E-state index contributed by atoms with van der Waals surface area (Å²) in [6.07, 6.45) is 4.86. The van der Waals surface area contributed by atoms with E-state index in [1.165, 1.54) is 11.9 Å². The molecule has 82 valence electrons. The number of carbonyl (C=O) groups is 3. The molecule has 0 aromatic rings. The van der Waals surface area contributed by atoms with E-state index in [0.29, 0.717) is 6.41 Å². The van der Waals surface area contributed by atoms with Crippen LogP contribution in [0.25, 0.3) is 0 Å². The summed E-state index contributed by atoms with van der Waals surface area (Å²) >= 11 is 0. The maximum Gasteiger partial charge on any atom is 0.305 e. The molecule has 1 unspecified atom stereocenters. The molecular formula is C9H12N2O4. The Balaban J connectivity index is 4.35. The number of nitrogens with zero attached hydrogens (tertiary/aromatic N) is 1. The number of carboxylic acid groups (broad SMARTS) is 1. The Morgan fingerprint density at radius 1 is 1.67 bits per heavy atom. The number of rotatable bonds is 7. The van der Waals surface area contributed by atoms with Crippen LogP contribution in [-0.2, 0) is 14.4 Å². The number of Topliss-reactive ketones (excluding diaryl/α,β-unsaturated/α-hetero) is 1. The fourth-order valence-electron chi connectivity index (χ4n) is 0.912. The number of carboxylic acids is 1. The monoisotopic (exact) mass is 212 g/mol. The van der Waals surface area contributed by atoms with Crippen molar-refractivity contribution in [2.24, 2.45) is 0 Å². The number of terminal acetylenes is 1. The van der Waals surface area contributed by atoms with Crippen molar-refractivity contribution in [2.75, 3.05) is 13.6 Å². The van der Waals surface area contributed by atoms with Gasteiger partial charge in [0.2, 0.25) is 6.41 Å². The Labute approximate surface area is 87.2 Å². The first-order valence-corrected chi connectivity index (χ1v) is 4.12. The predicted octanol–water partition coefficient (Wildman–Crippen LogP) is -1.33. The highest BCUT2D eigenvalue weighted by molar-refractivity contribution is 5.90. The van der Waals surface area contributed by atoms with Crippen molar-refractivity contribution in [1.82, 2.24) is 10.2 Å². The number of nitrogens with one attached hydrogen (secondary N) is 1. The highest BCUT2D eigenvalue weighted by Gasteiger charge is 2.21. The molecule has 0 heterocycles. The van der Waals surface area contributed by atoms with Crippen molar-refractivity contribution in [3.63, 3.8) is 0 Å². The van der Waals surface area contributed by atoms with Gasteiger partial charge >= 0.3 is 5.97 Å². The lowest BCUT2D eigenvalue weighted by Crippen LogP contribution is -2.42. The third kappa shape index (κ3) is 5.31. The van der Waals surface area contributed by atoms with Gasteiger partial charge in [-0.2, -0.15) is 0 Å². The summed E-state index contributed by atoms with van der Waals surface area (Å²) in [5.74, 6) is -1.60. The fourth-order valence-corrected chi connectivity index (χ4v) is 0.912. The summed E-state index contributed by atoms with van der Waals surface area (Å²) in [6.45, 7) is -0.102. The molecule has 0 aromatic heterocycles. The molecule has 0 aliphatic rings. The predicted molar refractivity (Wildman–Crippen MR) is 51.7 cm³/mol. The lowest BCUT2D eigenvalue weighted by Gasteiger charge is -2.15. The molecule has 0 spiro atoms. The van der Waals surface area contributed by atoms with Gasteiger partial charge in [0.05, 0.1) is 19.0 Å². The minimum Gasteiger partial charge on any atom is -0.481 e. The number of carbonyl (C=O) groups excluding carboxylic acids is 2. The second-order valence-electron chi connectivity index (χ2n) is 2.89. The lowest BCUT2D eigenvalue weighted by atomic mass is 10.1. The number of aliphatic carboxylic acids is 1. The summed E-state index contributed by atoms with van der Waals surface area (Å²) in [5, 5.41) is 10.6. The van der Waals surface area contributed by atoms with E-state index in [9.17, 15) is 14.4 Å². The van der Waals surface area contributed by atoms with Crippen LogP contribution < -0.4 is 5.32 Å². The van der Waals surface area contributed by atoms with Crippen molar-refractivity contribution in [1.29, 1.82) is 0 Å². The van der Waals surface area contributed by atoms with Gasteiger partial charge in [-0.25, -0.2) is 0 Å². The van der Waals surface area contributed by atoms with E-state index in [2.05, 4.69) is 11.4 Å². The Morgan fingerprint density at radius 2 is 2.27 bits per heavy atom. The zero-order chi connectivity index (χ0) is 11.8. The van der Waals surface area contributed by atoms with Crippen LogP contribution in [-0.4, -0.2) is 47.8 Å². The van der Waals surface area contributed by atoms with Crippen LogP contribution in [0.5, 0.6) is 0 Å². The maximum absolute atomic E-state index is 11.4. The van der Waals surface area contributed by atoms with Gasteiger partial charge in [-0.3, -0.25) is 14.4 Å². The van der Waals surface area contributed by atoms with Crippen molar-refractivity contribution in [2.45, 2.75) is 12.5 Å². The van der Waals surface area contributed by atoms with Crippen molar-refractivity contribution < 1.29 is 19.5 Å². The number of amides is 1. The molecule has 2 N–H and O–H groups in total. The standard InChI is InChI=1S/C9H12N2O4/c1-3-11(2)5-8(13)7(10-6-12)4-9(14)15/h1,6-7H,4-5H2,2H3,(H,10,12)(H,14,15). The Hall–Kier alpha value is -2.03. The molecule has 0 saturated carbocycles. The highest BCUT2D eigenvalue weighted by Crippen LogP contribution is 1.95. The SMILES string of the molecule is C#CN(C)CC(=O)C(CC(=O)O)NC=O. The lowest BCUT2D eigenvalue weighted by molar-refractivity contribution is -0.139. The second-order valence-corrected chi connectivity index (χ2v) is 2.89. The van der Waals surface area contributed by atoms with Gasteiger partial charge in [0.15, 0.2) is 5.78 Å². The van der Waals surface area contributed by atoms with E-state index in [4.69, 9.17) is 11.5 Å². The zero-order valence-corrected chi connectivity index (χ0v) is 8.27. The molecule has 0 radical (unpaired) electrons. The van der Waals surface area contributed by atoms with Crippen LogP contribution in [0.15, 0.2) is 0 Å². The first kappa shape index (κ1) is 13.0. The smallest absolute Gasteiger partial charge is 0.305 e. The average Bonchev–Trinajstić information content (AvgIpc) is 2.16. The van der Waals surface area contributed by atoms with Gasteiger partial charge in [-0.05, 0) is 0 Å². The number of likely N-dealkylation sites (N-methyl/N-ethyl adjacent to an activating group) is 1. The van der Waals surface area contributed by atoms with Gasteiger partial charge in [-0.1, -0.05) is 6.42 Å². The fraction of sp³-hybridized carbons (Fsp3) is 0.444. The molecule has 0 bridgehead atoms. The summed E-state index contributed by atoms with van der Waals surface area (Å²) in [6, 6.07) is 1.16. The van der Waals surface area contributed by atoms with Crippen molar-refractivity contribution in [3.05, 3.63) is 0 Å². The minimum absolute atomic E-state index is 0.102. The topological polar surface area (TPSA) is 86.7 Å². The number of ketones is 1. The largest absolute Gasteiger partial charge is 0.481 e. The highest BCUT2D eigenvalue weighted by atomic mass is 16.4. The van der Waals surface area contributed by atoms with Crippen LogP contribution in [0, 0.1) is 12.5 Å². The van der Waals surface area contributed by atoms with Crippen LogP contribution in [0.3, 0.4) is 0 Å². The molecule has 0 aliphatic carbocycles. The first-order valence-electron chi connectivity index (χ1n) is 4.12. The third-order valence-corrected chi connectivity index (χ3v) is 1.65. The van der Waals surface area contributed by atoms with Crippen molar-refractivity contribution in [3.8, 4) is 12.5 Å². The molecule has 1 amide bonds. The van der Waals surface area contributed by atoms with E-state index in [1.807, 2.05) is 0 Å². The molecule has 6 heteroatoms. The van der Waals surface area contributed by atoms with Gasteiger partial charge in [0, 0.05) is 13.1 Å². The normalized spacial score (nSPS) is 10.9. The maximum atomic E-state index is 11.4. The summed E-state index contributed by atoms with van der Waals surface area (Å²) < 4.78 is 0. The Morgan fingerprint density at radius 3 is 2.67 bits per heavy atom. The van der Waals surface area contributed by atoms with E-state index in [0.717, 1.165) is 0 Å². The zero-order valence-electron chi connectivity index (χ0n) is 8.27. The first-order chi connectivity index (χ1) is 7.01. The van der Waals surface area contributed by atoms with E-state index >= 15 is 0 Å². The van der Waals surface area contributed by atoms with Crippen molar-refractivity contribution >= 4 is 18.2 Å². The van der Waals surface area contributed by atoms with Crippen LogP contribution >= 0.6 is 0 Å². The Bertz CT molecular complexity index is 295. The van der Waals surface area contributed by atoms with Gasteiger partial charge in [0.25, 0.3) is 0 Å². The van der Waals surface area contributed by atoms with Crippen LogP contribution in [0.2, 0.25) is 0 Å². The van der Waals surface area contributed by atoms with Crippen LogP contribution in [0.1, 0.15) is 6.42 Å². The molecule has 0 rings (SSSR count). The Kier molecular flexibility index (Phi) is 5.56. The minimum atomic E-state index is -1.16. The van der Waals surface area contributed by atoms with Crippen LogP contribution in [0.4, 0.5) is 0 Å². The van der Waals surface area contributed by atoms with Gasteiger partial charge in [0.1, 0.15) is 0 Å².